The maximum atomic E-state index is 13.8. The average Bonchev–Trinajstić information content (AvgIpc) is 3.50. The van der Waals surface area contributed by atoms with Gasteiger partial charge in [-0.25, -0.2) is 4.79 Å². The number of aliphatic hydroxyl groups excluding tert-OH is 1. The highest BCUT2D eigenvalue weighted by atomic mass is 16.8. The minimum absolute atomic E-state index is 0.00499. The Labute approximate surface area is 324 Å². The Morgan fingerprint density at radius 1 is 0.907 bits per heavy atom. The number of esters is 1. The molecule has 1 N–H and O–H groups in total. The molecule has 0 radical (unpaired) electrons. The first-order valence-electron chi connectivity index (χ1n) is 19.2. The molecule has 0 spiro atoms. The van der Waals surface area contributed by atoms with Crippen LogP contribution in [-0.2, 0) is 51.2 Å². The Morgan fingerprint density at radius 2 is 1.56 bits per heavy atom. The summed E-state index contributed by atoms with van der Waals surface area (Å²) in [7, 11) is 3.21. The minimum atomic E-state index is -1.03. The monoisotopic (exact) mass is 754 g/mol. The zero-order valence-corrected chi connectivity index (χ0v) is 34.0. The van der Waals surface area contributed by atoms with E-state index in [4.69, 9.17) is 37.9 Å². The van der Waals surface area contributed by atoms with Gasteiger partial charge in [-0.15, -0.1) is 6.58 Å². The van der Waals surface area contributed by atoms with Crippen LogP contribution in [0.2, 0.25) is 0 Å². The van der Waals surface area contributed by atoms with E-state index in [9.17, 15) is 9.90 Å². The number of rotatable bonds is 25. The fourth-order valence-corrected chi connectivity index (χ4v) is 7.00. The van der Waals surface area contributed by atoms with E-state index in [2.05, 4.69) is 27.0 Å². The van der Waals surface area contributed by atoms with Crippen LogP contribution in [0.4, 0.5) is 0 Å². The molecule has 3 rings (SSSR count). The lowest BCUT2D eigenvalue weighted by molar-refractivity contribution is -0.173. The van der Waals surface area contributed by atoms with Crippen molar-refractivity contribution in [1.29, 1.82) is 0 Å². The summed E-state index contributed by atoms with van der Waals surface area (Å²) in [5.74, 6) is -1.19. The molecule has 10 nitrogen and oxygen atoms in total. The van der Waals surface area contributed by atoms with Crippen molar-refractivity contribution < 1.29 is 47.8 Å². The van der Waals surface area contributed by atoms with Gasteiger partial charge in [0.15, 0.2) is 11.9 Å². The smallest absolute Gasteiger partial charge is 0.338 e. The average molecular weight is 755 g/mol. The summed E-state index contributed by atoms with van der Waals surface area (Å²) in [5.41, 5.74) is 2.89. The van der Waals surface area contributed by atoms with E-state index < -0.39 is 36.2 Å². The molecule has 0 amide bonds. The van der Waals surface area contributed by atoms with Gasteiger partial charge in [-0.2, -0.15) is 0 Å². The van der Waals surface area contributed by atoms with Crippen LogP contribution in [0.3, 0.4) is 0 Å². The molecule has 1 saturated heterocycles. The topological polar surface area (TPSA) is 111 Å². The molecule has 54 heavy (non-hydrogen) atoms. The second-order valence-corrected chi connectivity index (χ2v) is 15.2. The van der Waals surface area contributed by atoms with Gasteiger partial charge in [-0.05, 0) is 68.7 Å². The molecule has 2 aromatic carbocycles. The number of carbonyl (C=O) groups is 1. The summed E-state index contributed by atoms with van der Waals surface area (Å²) in [6.07, 6.45) is 0.372. The highest BCUT2D eigenvalue weighted by Crippen LogP contribution is 2.38. The lowest BCUT2D eigenvalue weighted by Crippen LogP contribution is -2.47. The van der Waals surface area contributed by atoms with Gasteiger partial charge in [0.25, 0.3) is 0 Å². The largest absolute Gasteiger partial charge is 0.497 e. The van der Waals surface area contributed by atoms with E-state index in [1.165, 1.54) is 0 Å². The third kappa shape index (κ3) is 13.9. The Morgan fingerprint density at radius 3 is 2.17 bits per heavy atom. The number of methoxy groups -OCH3 is 2. The predicted molar refractivity (Wildman–Crippen MR) is 210 cm³/mol. The first-order valence-corrected chi connectivity index (χ1v) is 19.2. The van der Waals surface area contributed by atoms with Crippen LogP contribution in [0.5, 0.6) is 5.75 Å². The van der Waals surface area contributed by atoms with E-state index in [0.717, 1.165) is 28.9 Å². The molecular formula is C44H66O10. The minimum Gasteiger partial charge on any atom is -0.497 e. The van der Waals surface area contributed by atoms with Crippen molar-refractivity contribution in [3.05, 3.63) is 90.5 Å². The molecule has 0 unspecified atom stereocenters. The quantitative estimate of drug-likeness (QED) is 0.0607. The van der Waals surface area contributed by atoms with Gasteiger partial charge in [0.05, 0.1) is 51.3 Å². The molecule has 0 aromatic heterocycles. The van der Waals surface area contributed by atoms with Crippen molar-refractivity contribution >= 4 is 5.97 Å². The van der Waals surface area contributed by atoms with Gasteiger partial charge < -0.3 is 43.0 Å². The fourth-order valence-electron chi connectivity index (χ4n) is 7.00. The standard InChI is InChI=1S/C44H66O10/c1-12-30(4)37(45)23-18-31(5)38(52-28-47-10)24-25-49-43(46)42-41(53-44(8,9)54-42)33(7)40(51-26-34-16-14-13-15-17-34)32(6)39(29(2)3)50-27-35-19-21-36(48-11)22-20-35/h12-17,19-22,30-33,37-42,45H,1-2,18,23-28H2,3-11H3/t30-,31+,32+,33+,37-,38-,39+,40+,41-,42+/m0/s1. The molecule has 1 aliphatic rings. The van der Waals surface area contributed by atoms with Crippen molar-refractivity contribution in [1.82, 2.24) is 0 Å². The number of hydrogen-bond acceptors (Lipinski definition) is 10. The third-order valence-corrected chi connectivity index (χ3v) is 10.3. The first-order chi connectivity index (χ1) is 25.7. The highest BCUT2D eigenvalue weighted by molar-refractivity contribution is 5.76. The SMILES string of the molecule is C=C[C@H](C)[C@@H](O)CC[C@@H](C)[C@H](CCOC(=O)[C@@H]1OC(C)(C)O[C@H]1[C@H](C)[C@H](OCc1ccccc1)[C@H](C)[C@H](OCc1ccc(OC)cc1)C(=C)C)OCOC. The first kappa shape index (κ1) is 45.3. The molecule has 302 valence electrons. The van der Waals surface area contributed by atoms with Crippen LogP contribution in [0, 0.1) is 23.7 Å². The summed E-state index contributed by atoms with van der Waals surface area (Å²) in [5, 5.41) is 10.5. The van der Waals surface area contributed by atoms with Crippen LogP contribution < -0.4 is 4.74 Å². The molecule has 2 aromatic rings. The van der Waals surface area contributed by atoms with Gasteiger partial charge in [0.2, 0.25) is 0 Å². The molecule has 0 bridgehead atoms. The van der Waals surface area contributed by atoms with Crippen molar-refractivity contribution in [2.45, 2.75) is 123 Å². The normalized spacial score (nSPS) is 21.2. The number of hydrogen-bond donors (Lipinski definition) is 1. The van der Waals surface area contributed by atoms with E-state index in [0.29, 0.717) is 26.1 Å². The maximum absolute atomic E-state index is 13.8. The fraction of sp³-hybridized carbons (Fsp3) is 0.614. The lowest BCUT2D eigenvalue weighted by Gasteiger charge is -2.37. The van der Waals surface area contributed by atoms with Gasteiger partial charge >= 0.3 is 5.97 Å². The van der Waals surface area contributed by atoms with Crippen LogP contribution in [0.15, 0.2) is 79.4 Å². The predicted octanol–water partition coefficient (Wildman–Crippen LogP) is 8.06. The van der Waals surface area contributed by atoms with Crippen molar-refractivity contribution in [3.63, 3.8) is 0 Å². The van der Waals surface area contributed by atoms with Crippen LogP contribution in [-0.4, -0.2) is 81.1 Å². The summed E-state index contributed by atoms with van der Waals surface area (Å²) < 4.78 is 48.3. The Kier molecular flexibility index (Phi) is 18.8. The molecule has 1 fully saturated rings. The van der Waals surface area contributed by atoms with Crippen molar-refractivity contribution in [3.8, 4) is 5.75 Å². The number of carbonyl (C=O) groups excluding carboxylic acids is 1. The summed E-state index contributed by atoms with van der Waals surface area (Å²) in [4.78, 5) is 13.8. The van der Waals surface area contributed by atoms with Gasteiger partial charge in [-0.3, -0.25) is 0 Å². The van der Waals surface area contributed by atoms with E-state index >= 15 is 0 Å². The third-order valence-electron chi connectivity index (χ3n) is 10.3. The van der Waals surface area contributed by atoms with Gasteiger partial charge in [0.1, 0.15) is 18.6 Å². The van der Waals surface area contributed by atoms with Gasteiger partial charge in [-0.1, -0.05) is 88.4 Å². The molecule has 1 aliphatic heterocycles. The van der Waals surface area contributed by atoms with E-state index in [1.807, 2.05) is 75.4 Å². The van der Waals surface area contributed by atoms with Crippen LogP contribution in [0.25, 0.3) is 0 Å². The summed E-state index contributed by atoms with van der Waals surface area (Å²) in [6, 6.07) is 17.8. The number of ether oxygens (including phenoxy) is 8. The van der Waals surface area contributed by atoms with Crippen LogP contribution >= 0.6 is 0 Å². The summed E-state index contributed by atoms with van der Waals surface area (Å²) in [6.45, 7) is 22.7. The van der Waals surface area contributed by atoms with E-state index in [1.54, 1.807) is 34.1 Å². The second kappa shape index (κ2) is 22.5. The number of aliphatic hydroxyl groups is 1. The lowest BCUT2D eigenvalue weighted by atomic mass is 9.82. The summed E-state index contributed by atoms with van der Waals surface area (Å²) >= 11 is 0. The zero-order valence-electron chi connectivity index (χ0n) is 34.0. The molecule has 0 aliphatic carbocycles. The molecule has 0 saturated carbocycles. The van der Waals surface area contributed by atoms with Crippen molar-refractivity contribution in [2.24, 2.45) is 23.7 Å². The highest BCUT2D eigenvalue weighted by Gasteiger charge is 2.51. The number of benzene rings is 2. The Hall–Kier alpha value is -3.09. The van der Waals surface area contributed by atoms with Crippen LogP contribution in [0.1, 0.15) is 78.9 Å². The molecular weight excluding hydrogens is 688 g/mol. The maximum Gasteiger partial charge on any atom is 0.338 e. The molecule has 1 heterocycles. The Bertz CT molecular complexity index is 1400. The van der Waals surface area contributed by atoms with Crippen molar-refractivity contribution in [2.75, 3.05) is 27.6 Å². The zero-order chi connectivity index (χ0) is 39.8. The second-order valence-electron chi connectivity index (χ2n) is 15.2. The molecule has 10 atom stereocenters. The molecule has 10 heteroatoms. The van der Waals surface area contributed by atoms with Gasteiger partial charge in [0, 0.05) is 25.4 Å². The Balaban J connectivity index is 1.77. The van der Waals surface area contributed by atoms with E-state index in [-0.39, 0.29) is 49.3 Å².